The molecule has 0 bridgehead atoms. The van der Waals surface area contributed by atoms with Gasteiger partial charge >= 0.3 is 6.09 Å². The van der Waals surface area contributed by atoms with Gasteiger partial charge in [-0.25, -0.2) is 13.2 Å². The van der Waals surface area contributed by atoms with E-state index < -0.39 is 40.7 Å². The van der Waals surface area contributed by atoms with E-state index in [1.54, 1.807) is 17.0 Å². The number of amides is 2. The zero-order valence-electron chi connectivity index (χ0n) is 27.2. The Morgan fingerprint density at radius 3 is 2.73 bits per heavy atom. The monoisotopic (exact) mass is 687 g/mol. The number of hydrogen-bond donors (Lipinski definition) is 2. The minimum absolute atomic E-state index is 0.00804. The summed E-state index contributed by atoms with van der Waals surface area (Å²) in [5.74, 6) is 0.526. The standard InChI is InChI=1S/C34H45N3O10S/c1-43-25-11-12-31-29(19-25)44-16-7-3-6-15-37-24(10-13-32(37)39)20-36(48(31,41)42)21-28(38)27(18-23-8-4-2-5-9-23)35-34(40)47-30-22-46-33-26(30)14-17-45-33/h2,4-5,8-9,11-12,19,24,26-28,30,33,38H,3,6-7,10,13-18,20-22H2,1H3,(H,35,40)/t24-,26+,27+,28-,30+,33-/m1/s1. The Hall–Kier alpha value is -3.43. The van der Waals surface area contributed by atoms with Crippen molar-refractivity contribution in [1.29, 1.82) is 0 Å². The number of β-amino-alcohol motifs (C(OH)–C–C–N with tert-alkyl or cyclic N) is 1. The van der Waals surface area contributed by atoms with Crippen LogP contribution in [0.1, 0.15) is 44.1 Å². The molecule has 4 aliphatic rings. The highest BCUT2D eigenvalue weighted by molar-refractivity contribution is 7.89. The number of methoxy groups -OCH3 is 1. The van der Waals surface area contributed by atoms with Crippen LogP contribution in [0.4, 0.5) is 4.79 Å². The predicted molar refractivity (Wildman–Crippen MR) is 173 cm³/mol. The third-order valence-electron chi connectivity index (χ3n) is 9.64. The molecule has 0 aliphatic carbocycles. The molecule has 0 unspecified atom stereocenters. The summed E-state index contributed by atoms with van der Waals surface area (Å²) in [5.41, 5.74) is 0.835. The molecule has 4 aliphatic heterocycles. The van der Waals surface area contributed by atoms with Crippen molar-refractivity contribution in [3.05, 3.63) is 54.1 Å². The Kier molecular flexibility index (Phi) is 11.1. The van der Waals surface area contributed by atoms with Crippen LogP contribution < -0.4 is 14.8 Å². The van der Waals surface area contributed by atoms with Crippen molar-refractivity contribution in [3.63, 3.8) is 0 Å². The average Bonchev–Trinajstić information content (AvgIpc) is 3.79. The van der Waals surface area contributed by atoms with Gasteiger partial charge in [-0.15, -0.1) is 0 Å². The lowest BCUT2D eigenvalue weighted by molar-refractivity contribution is -0.129. The number of aliphatic hydroxyl groups is 1. The van der Waals surface area contributed by atoms with E-state index in [1.165, 1.54) is 17.5 Å². The molecule has 4 heterocycles. The molecule has 14 heteroatoms. The molecule has 48 heavy (non-hydrogen) atoms. The topological polar surface area (TPSA) is 153 Å². The van der Waals surface area contributed by atoms with Crippen LogP contribution in [-0.2, 0) is 35.4 Å². The summed E-state index contributed by atoms with van der Waals surface area (Å²) in [5, 5.41) is 14.6. The molecule has 6 atom stereocenters. The fourth-order valence-electron chi connectivity index (χ4n) is 6.98. The molecular weight excluding hydrogens is 642 g/mol. The molecule has 3 fully saturated rings. The van der Waals surface area contributed by atoms with E-state index in [9.17, 15) is 23.1 Å². The highest BCUT2D eigenvalue weighted by Crippen LogP contribution is 2.34. The number of benzene rings is 2. The summed E-state index contributed by atoms with van der Waals surface area (Å²) in [4.78, 5) is 27.9. The second kappa shape index (κ2) is 15.4. The Morgan fingerprint density at radius 2 is 1.92 bits per heavy atom. The third-order valence-corrected chi connectivity index (χ3v) is 11.5. The maximum absolute atomic E-state index is 14.5. The van der Waals surface area contributed by atoms with Gasteiger partial charge < -0.3 is 39.0 Å². The minimum atomic E-state index is -4.28. The average molecular weight is 688 g/mol. The first kappa shape index (κ1) is 34.4. The van der Waals surface area contributed by atoms with Gasteiger partial charge in [-0.3, -0.25) is 4.79 Å². The van der Waals surface area contributed by atoms with Crippen LogP contribution in [0.5, 0.6) is 11.5 Å². The van der Waals surface area contributed by atoms with E-state index in [4.69, 9.17) is 23.7 Å². The van der Waals surface area contributed by atoms with Gasteiger partial charge in [-0.1, -0.05) is 30.3 Å². The number of nitrogens with zero attached hydrogens (tertiary/aromatic N) is 2. The number of carbonyl (C=O) groups excluding carboxylic acids is 2. The normalized spacial score (nSPS) is 27.2. The quantitative estimate of drug-likeness (QED) is 0.424. The van der Waals surface area contributed by atoms with E-state index in [2.05, 4.69) is 5.32 Å². The van der Waals surface area contributed by atoms with Crippen molar-refractivity contribution >= 4 is 22.0 Å². The van der Waals surface area contributed by atoms with Crippen LogP contribution in [0.15, 0.2) is 53.4 Å². The number of alkyl carbamates (subject to hydrolysis) is 1. The number of carbonyl (C=O) groups is 2. The molecule has 2 amide bonds. The molecule has 0 saturated carbocycles. The molecule has 0 spiro atoms. The van der Waals surface area contributed by atoms with E-state index >= 15 is 0 Å². The van der Waals surface area contributed by atoms with E-state index in [-0.39, 0.29) is 54.6 Å². The summed E-state index contributed by atoms with van der Waals surface area (Å²) < 4.78 is 58.5. The van der Waals surface area contributed by atoms with Crippen LogP contribution in [-0.4, -0.2) is 112 Å². The lowest BCUT2D eigenvalue weighted by Gasteiger charge is -2.33. The molecule has 2 aromatic carbocycles. The molecule has 13 nitrogen and oxygen atoms in total. The van der Waals surface area contributed by atoms with Gasteiger partial charge in [0.2, 0.25) is 15.9 Å². The first-order valence-corrected chi connectivity index (χ1v) is 18.2. The van der Waals surface area contributed by atoms with Gasteiger partial charge in [0, 0.05) is 38.2 Å². The van der Waals surface area contributed by atoms with Crippen molar-refractivity contribution in [3.8, 4) is 11.5 Å². The SMILES string of the molecule is COc1ccc2c(c1)OCCCCCN1C(=O)CC[C@@H]1CN(C[C@@H](O)[C@H](Cc1ccccc1)NC(=O)O[C@H]1CO[C@H]3OCC[C@H]31)S2(=O)=O. The fraction of sp³-hybridized carbons (Fsp3) is 0.588. The molecular formula is C34H45N3O10S. The van der Waals surface area contributed by atoms with E-state index in [1.807, 2.05) is 30.3 Å². The maximum Gasteiger partial charge on any atom is 0.407 e. The van der Waals surface area contributed by atoms with Gasteiger partial charge in [0.15, 0.2) is 6.29 Å². The van der Waals surface area contributed by atoms with Gasteiger partial charge in [-0.2, -0.15) is 4.31 Å². The molecule has 0 aromatic heterocycles. The summed E-state index contributed by atoms with van der Waals surface area (Å²) in [6.45, 7) is 1.17. The first-order valence-electron chi connectivity index (χ1n) is 16.8. The number of ether oxygens (including phenoxy) is 5. The van der Waals surface area contributed by atoms with Crippen LogP contribution in [0, 0.1) is 5.92 Å². The molecule has 2 N–H and O–H groups in total. The van der Waals surface area contributed by atoms with Crippen molar-refractivity contribution in [2.45, 2.75) is 80.4 Å². The van der Waals surface area contributed by atoms with Gasteiger partial charge in [-0.05, 0) is 56.2 Å². The fourth-order valence-corrected chi connectivity index (χ4v) is 8.58. The minimum Gasteiger partial charge on any atom is -0.497 e. The Morgan fingerprint density at radius 1 is 1.08 bits per heavy atom. The zero-order valence-corrected chi connectivity index (χ0v) is 28.0. The van der Waals surface area contributed by atoms with E-state index in [0.29, 0.717) is 51.2 Å². The number of nitrogens with one attached hydrogen (secondary N) is 1. The second-order valence-corrected chi connectivity index (χ2v) is 14.7. The summed E-state index contributed by atoms with van der Waals surface area (Å²) in [6.07, 6.45) is 1.05. The molecule has 6 rings (SSSR count). The van der Waals surface area contributed by atoms with Crippen LogP contribution in [0.25, 0.3) is 0 Å². The largest absolute Gasteiger partial charge is 0.497 e. The van der Waals surface area contributed by atoms with Crippen molar-refractivity contribution in [2.75, 3.05) is 46.6 Å². The first-order chi connectivity index (χ1) is 23.2. The lowest BCUT2D eigenvalue weighted by Crippen LogP contribution is -2.53. The number of fused-ring (bicyclic) bond motifs is 3. The Bertz CT molecular complexity index is 1530. The highest BCUT2D eigenvalue weighted by Gasteiger charge is 2.44. The molecule has 262 valence electrons. The number of sulfonamides is 1. The number of aliphatic hydroxyl groups excluding tert-OH is 1. The van der Waals surface area contributed by atoms with Crippen molar-refractivity contribution in [1.82, 2.24) is 14.5 Å². The molecule has 3 saturated heterocycles. The predicted octanol–water partition coefficient (Wildman–Crippen LogP) is 2.70. The number of hydrogen-bond acceptors (Lipinski definition) is 10. The summed E-state index contributed by atoms with van der Waals surface area (Å²) in [6, 6.07) is 12.6. The molecule has 0 radical (unpaired) electrons. The Balaban J connectivity index is 1.28. The smallest absolute Gasteiger partial charge is 0.407 e. The molecule has 2 aromatic rings. The third kappa shape index (κ3) is 7.89. The van der Waals surface area contributed by atoms with Gasteiger partial charge in [0.05, 0.1) is 45.0 Å². The maximum atomic E-state index is 14.5. The lowest BCUT2D eigenvalue weighted by atomic mass is 10.0. The van der Waals surface area contributed by atoms with Gasteiger partial charge in [0.25, 0.3) is 0 Å². The zero-order chi connectivity index (χ0) is 33.7. The summed E-state index contributed by atoms with van der Waals surface area (Å²) in [7, 11) is -2.79. The van der Waals surface area contributed by atoms with Crippen molar-refractivity contribution in [2.24, 2.45) is 5.92 Å². The Labute approximate surface area is 281 Å². The van der Waals surface area contributed by atoms with E-state index in [0.717, 1.165) is 18.4 Å². The van der Waals surface area contributed by atoms with Crippen LogP contribution in [0.2, 0.25) is 0 Å². The number of rotatable bonds is 8. The van der Waals surface area contributed by atoms with Crippen LogP contribution >= 0.6 is 0 Å². The second-order valence-electron chi connectivity index (χ2n) is 12.8. The highest BCUT2D eigenvalue weighted by atomic mass is 32.2. The van der Waals surface area contributed by atoms with Gasteiger partial charge in [0.1, 0.15) is 22.5 Å². The summed E-state index contributed by atoms with van der Waals surface area (Å²) >= 11 is 0. The van der Waals surface area contributed by atoms with Crippen LogP contribution in [0.3, 0.4) is 0 Å². The van der Waals surface area contributed by atoms with Crippen molar-refractivity contribution < 1.29 is 46.8 Å².